The zero-order valence-corrected chi connectivity index (χ0v) is 18.2. The molecule has 0 aromatic rings. The van der Waals surface area contributed by atoms with Crippen LogP contribution in [-0.4, -0.2) is 51.6 Å². The summed E-state index contributed by atoms with van der Waals surface area (Å²) in [6, 6.07) is 0. The standard InChI is InChI=1S/C18H38O2S.H3O4P/c1-20-16-12-10-8-6-4-2-3-5-7-9-11-13-17-21-18-14-15-19;1-5(2,3)4/h19H,2-18H2,1H3;(H3,1,2,3,4). The lowest BCUT2D eigenvalue weighted by atomic mass is 10.1. The lowest BCUT2D eigenvalue weighted by Gasteiger charge is -2.03. The molecule has 0 saturated heterocycles. The largest absolute Gasteiger partial charge is 0.466 e. The highest BCUT2D eigenvalue weighted by Gasteiger charge is 2.00. The van der Waals surface area contributed by atoms with Crippen LogP contribution in [0, 0.1) is 0 Å². The molecule has 0 bridgehead atoms. The van der Waals surface area contributed by atoms with Crippen molar-refractivity contribution < 1.29 is 29.1 Å². The van der Waals surface area contributed by atoms with Gasteiger partial charge in [-0.1, -0.05) is 64.2 Å². The molecule has 0 rings (SSSR count). The summed E-state index contributed by atoms with van der Waals surface area (Å²) in [5, 5.41) is 8.67. The molecule has 0 amide bonds. The van der Waals surface area contributed by atoms with Crippen molar-refractivity contribution in [2.24, 2.45) is 0 Å². The Hall–Kier alpha value is 0.380. The number of phosphoric acid groups is 1. The molecule has 0 radical (unpaired) electrons. The van der Waals surface area contributed by atoms with E-state index in [9.17, 15) is 0 Å². The van der Waals surface area contributed by atoms with Crippen LogP contribution in [0.4, 0.5) is 0 Å². The lowest BCUT2D eigenvalue weighted by molar-refractivity contribution is 0.192. The predicted octanol–water partition coefficient (Wildman–Crippen LogP) is 4.50. The third-order valence-corrected chi connectivity index (χ3v) is 4.99. The SMILES string of the molecule is COCCCCCCCCCCCCCCSCCCO.O=P(O)(O)O. The fourth-order valence-corrected chi connectivity index (χ4v) is 3.43. The minimum absolute atomic E-state index is 0.347. The molecule has 0 fully saturated rings. The number of thioether (sulfide) groups is 1. The summed E-state index contributed by atoms with van der Waals surface area (Å²) < 4.78 is 13.9. The maximum Gasteiger partial charge on any atom is 0.466 e. The first-order valence-electron chi connectivity index (χ1n) is 9.87. The molecule has 0 aromatic heterocycles. The van der Waals surface area contributed by atoms with Crippen LogP contribution >= 0.6 is 19.6 Å². The second kappa shape index (κ2) is 23.4. The number of aliphatic hydroxyl groups excluding tert-OH is 1. The zero-order valence-electron chi connectivity index (χ0n) is 16.5. The monoisotopic (exact) mass is 416 g/mol. The Morgan fingerprint density at radius 3 is 1.42 bits per heavy atom. The zero-order chi connectivity index (χ0) is 19.9. The topological polar surface area (TPSA) is 107 Å². The second-order valence-electron chi connectivity index (χ2n) is 6.44. The molecule has 6 nitrogen and oxygen atoms in total. The van der Waals surface area contributed by atoms with Gasteiger partial charge in [-0.3, -0.25) is 0 Å². The lowest BCUT2D eigenvalue weighted by Crippen LogP contribution is -1.89. The number of hydrogen-bond acceptors (Lipinski definition) is 4. The molecular formula is C18H41O6PS. The van der Waals surface area contributed by atoms with Crippen LogP contribution < -0.4 is 0 Å². The Kier molecular flexibility index (Phi) is 25.8. The summed E-state index contributed by atoms with van der Waals surface area (Å²) in [7, 11) is -2.85. The van der Waals surface area contributed by atoms with Crippen LogP contribution in [-0.2, 0) is 9.30 Å². The third kappa shape index (κ3) is 39.4. The van der Waals surface area contributed by atoms with Gasteiger partial charge in [0, 0.05) is 20.3 Å². The van der Waals surface area contributed by atoms with E-state index in [1.54, 1.807) is 7.11 Å². The molecule has 0 heterocycles. The van der Waals surface area contributed by atoms with Gasteiger partial charge in [-0.05, 0) is 30.8 Å². The van der Waals surface area contributed by atoms with Gasteiger partial charge in [0.1, 0.15) is 0 Å². The van der Waals surface area contributed by atoms with Gasteiger partial charge in [0.25, 0.3) is 0 Å². The fourth-order valence-electron chi connectivity index (χ4n) is 2.49. The number of unbranched alkanes of at least 4 members (excludes halogenated alkanes) is 11. The van der Waals surface area contributed by atoms with Gasteiger partial charge in [-0.15, -0.1) is 0 Å². The molecule has 4 N–H and O–H groups in total. The summed E-state index contributed by atoms with van der Waals surface area (Å²) in [6.45, 7) is 1.28. The molecular weight excluding hydrogens is 375 g/mol. The average Bonchev–Trinajstić information content (AvgIpc) is 2.56. The minimum Gasteiger partial charge on any atom is -0.396 e. The normalized spacial score (nSPS) is 11.3. The van der Waals surface area contributed by atoms with Gasteiger partial charge >= 0.3 is 7.82 Å². The van der Waals surface area contributed by atoms with E-state index in [4.69, 9.17) is 29.1 Å². The first-order valence-corrected chi connectivity index (χ1v) is 12.6. The Labute approximate surface area is 164 Å². The van der Waals surface area contributed by atoms with Gasteiger partial charge < -0.3 is 24.5 Å². The molecule has 26 heavy (non-hydrogen) atoms. The molecule has 0 unspecified atom stereocenters. The van der Waals surface area contributed by atoms with Crippen LogP contribution in [0.15, 0.2) is 0 Å². The Bertz CT molecular complexity index is 275. The van der Waals surface area contributed by atoms with Crippen LogP contribution in [0.25, 0.3) is 0 Å². The molecule has 0 aliphatic carbocycles. The van der Waals surface area contributed by atoms with Gasteiger partial charge in [0.05, 0.1) is 0 Å². The molecule has 160 valence electrons. The average molecular weight is 417 g/mol. The maximum absolute atomic E-state index is 8.88. The molecule has 0 saturated carbocycles. The van der Waals surface area contributed by atoms with E-state index in [0.29, 0.717) is 6.61 Å². The van der Waals surface area contributed by atoms with Crippen molar-refractivity contribution in [3.8, 4) is 0 Å². The van der Waals surface area contributed by atoms with Crippen LogP contribution in [0.1, 0.15) is 83.5 Å². The first-order chi connectivity index (χ1) is 12.4. The van der Waals surface area contributed by atoms with Gasteiger partial charge in [-0.25, -0.2) is 4.57 Å². The summed E-state index contributed by atoms with van der Waals surface area (Å²) in [4.78, 5) is 21.6. The van der Waals surface area contributed by atoms with Gasteiger partial charge in [-0.2, -0.15) is 11.8 Å². The third-order valence-electron chi connectivity index (χ3n) is 3.83. The van der Waals surface area contributed by atoms with Crippen LogP contribution in [0.3, 0.4) is 0 Å². The number of methoxy groups -OCH3 is 1. The summed E-state index contributed by atoms with van der Waals surface area (Å²) in [5.41, 5.74) is 0. The summed E-state index contributed by atoms with van der Waals surface area (Å²) in [6.07, 6.45) is 17.6. The van der Waals surface area contributed by atoms with E-state index in [2.05, 4.69) is 0 Å². The molecule has 0 aliphatic heterocycles. The quantitative estimate of drug-likeness (QED) is 0.192. The number of aliphatic hydroxyl groups is 1. The van der Waals surface area contributed by atoms with Crippen molar-refractivity contribution in [1.29, 1.82) is 0 Å². The van der Waals surface area contributed by atoms with E-state index in [1.165, 1.54) is 82.8 Å². The van der Waals surface area contributed by atoms with E-state index < -0.39 is 7.82 Å². The Morgan fingerprint density at radius 1 is 0.692 bits per heavy atom. The maximum atomic E-state index is 8.88. The minimum atomic E-state index is -4.64. The molecule has 0 atom stereocenters. The second-order valence-corrected chi connectivity index (χ2v) is 8.69. The number of ether oxygens (including phenoxy) is 1. The van der Waals surface area contributed by atoms with Crippen molar-refractivity contribution >= 4 is 19.6 Å². The van der Waals surface area contributed by atoms with Crippen molar-refractivity contribution in [2.75, 3.05) is 31.8 Å². The Morgan fingerprint density at radius 2 is 1.04 bits per heavy atom. The summed E-state index contributed by atoms with van der Waals surface area (Å²) >= 11 is 1.99. The predicted molar refractivity (Wildman–Crippen MR) is 111 cm³/mol. The molecule has 0 aromatic carbocycles. The van der Waals surface area contributed by atoms with Crippen LogP contribution in [0.2, 0.25) is 0 Å². The summed E-state index contributed by atoms with van der Waals surface area (Å²) in [5.74, 6) is 2.41. The van der Waals surface area contributed by atoms with Crippen molar-refractivity contribution in [3.63, 3.8) is 0 Å². The van der Waals surface area contributed by atoms with E-state index in [-0.39, 0.29) is 0 Å². The van der Waals surface area contributed by atoms with Gasteiger partial charge in [0.15, 0.2) is 0 Å². The number of rotatable bonds is 18. The van der Waals surface area contributed by atoms with Crippen molar-refractivity contribution in [2.45, 2.75) is 83.5 Å². The van der Waals surface area contributed by atoms with Crippen molar-refractivity contribution in [3.05, 3.63) is 0 Å². The van der Waals surface area contributed by atoms with E-state index in [0.717, 1.165) is 18.8 Å². The van der Waals surface area contributed by atoms with E-state index in [1.807, 2.05) is 11.8 Å². The number of hydrogen-bond donors (Lipinski definition) is 4. The Balaban J connectivity index is 0. The molecule has 8 heteroatoms. The highest BCUT2D eigenvalue weighted by atomic mass is 32.2. The van der Waals surface area contributed by atoms with Crippen LogP contribution in [0.5, 0.6) is 0 Å². The first kappa shape index (κ1) is 28.6. The fraction of sp³-hybridized carbons (Fsp3) is 1.00. The van der Waals surface area contributed by atoms with Gasteiger partial charge in [0.2, 0.25) is 0 Å². The highest BCUT2D eigenvalue weighted by Crippen LogP contribution is 2.25. The highest BCUT2D eigenvalue weighted by molar-refractivity contribution is 7.99. The van der Waals surface area contributed by atoms with E-state index >= 15 is 0 Å². The van der Waals surface area contributed by atoms with Crippen molar-refractivity contribution in [1.82, 2.24) is 0 Å². The molecule has 0 spiro atoms. The smallest absolute Gasteiger partial charge is 0.396 e. The molecule has 0 aliphatic rings.